The molecule has 4 rings (SSSR count). The minimum Gasteiger partial charge on any atom is -0.241 e. The molecule has 3 aromatic heterocycles. The largest absolute Gasteiger partial charge is 0.241 e. The normalized spacial score (nSPS) is 11.9. The maximum Gasteiger partial charge on any atom is 0.134 e. The van der Waals surface area contributed by atoms with Crippen molar-refractivity contribution in [1.82, 2.24) is 9.97 Å². The van der Waals surface area contributed by atoms with Crippen LogP contribution in [0.4, 0.5) is 0 Å². The van der Waals surface area contributed by atoms with Crippen LogP contribution in [-0.2, 0) is 6.42 Å². The second-order valence-electron chi connectivity index (χ2n) is 10.8. The molecule has 3 heterocycles. The van der Waals surface area contributed by atoms with Crippen LogP contribution in [0.25, 0.3) is 30.3 Å². The van der Waals surface area contributed by atoms with Gasteiger partial charge in [0.1, 0.15) is 5.01 Å². The lowest BCUT2D eigenvalue weighted by Crippen LogP contribution is -1.87. The monoisotopic (exact) mass is 554 g/mol. The van der Waals surface area contributed by atoms with E-state index in [4.69, 9.17) is 4.98 Å². The number of rotatable bonds is 18. The minimum absolute atomic E-state index is 1.11. The van der Waals surface area contributed by atoms with E-state index in [2.05, 4.69) is 44.0 Å². The molecule has 0 atom stereocenters. The van der Waals surface area contributed by atoms with Crippen LogP contribution in [0, 0.1) is 13.8 Å². The summed E-state index contributed by atoms with van der Waals surface area (Å²) in [6, 6.07) is 6.86. The summed E-state index contributed by atoms with van der Waals surface area (Å²) >= 11 is 5.51. The Kier molecular flexibility index (Phi) is 11.9. The van der Waals surface area contributed by atoms with E-state index < -0.39 is 0 Å². The summed E-state index contributed by atoms with van der Waals surface area (Å²) in [6.07, 6.45) is 23.9. The summed E-state index contributed by atoms with van der Waals surface area (Å²) in [4.78, 5) is 12.5. The molecule has 0 fully saturated rings. The topological polar surface area (TPSA) is 25.8 Å². The molecule has 0 radical (unpaired) electrons. The average molecular weight is 555 g/mol. The molecule has 0 unspecified atom stereocenters. The molecule has 2 nitrogen and oxygen atoms in total. The second-order valence-corrected chi connectivity index (χ2v) is 14.3. The summed E-state index contributed by atoms with van der Waals surface area (Å²) in [7, 11) is 0. The number of aryl methyl sites for hydroxylation is 3. The van der Waals surface area contributed by atoms with Crippen LogP contribution >= 0.6 is 34.0 Å². The zero-order valence-corrected chi connectivity index (χ0v) is 25.8. The second kappa shape index (κ2) is 15.3. The highest BCUT2D eigenvalue weighted by atomic mass is 32.1. The van der Waals surface area contributed by atoms with Crippen molar-refractivity contribution in [3.05, 3.63) is 33.6 Å². The van der Waals surface area contributed by atoms with Crippen LogP contribution < -0.4 is 0 Å². The van der Waals surface area contributed by atoms with Crippen molar-refractivity contribution in [2.45, 2.75) is 130 Å². The van der Waals surface area contributed by atoms with Crippen molar-refractivity contribution in [3.8, 4) is 9.88 Å². The number of thiophene rings is 1. The Bertz CT molecular complexity index is 1160. The molecule has 0 amide bonds. The zero-order valence-electron chi connectivity index (χ0n) is 23.4. The van der Waals surface area contributed by atoms with Gasteiger partial charge in [-0.25, -0.2) is 9.97 Å². The Balaban J connectivity index is 1.11. The minimum atomic E-state index is 1.11. The fourth-order valence-electron chi connectivity index (χ4n) is 5.36. The van der Waals surface area contributed by atoms with Crippen molar-refractivity contribution >= 4 is 54.4 Å². The summed E-state index contributed by atoms with van der Waals surface area (Å²) in [5.74, 6) is 0. The van der Waals surface area contributed by atoms with Gasteiger partial charge in [0.2, 0.25) is 0 Å². The first-order valence-electron chi connectivity index (χ1n) is 14.9. The summed E-state index contributed by atoms with van der Waals surface area (Å²) < 4.78 is 2.50. The number of thiazole rings is 2. The Morgan fingerprint density at radius 1 is 0.568 bits per heavy atom. The van der Waals surface area contributed by atoms with E-state index in [1.807, 2.05) is 22.7 Å². The molecule has 0 bridgehead atoms. The van der Waals surface area contributed by atoms with Crippen LogP contribution in [0.2, 0.25) is 0 Å². The highest BCUT2D eigenvalue weighted by molar-refractivity contribution is 7.26. The smallest absolute Gasteiger partial charge is 0.134 e. The maximum atomic E-state index is 5.05. The zero-order chi connectivity index (χ0) is 25.9. The van der Waals surface area contributed by atoms with E-state index in [-0.39, 0.29) is 0 Å². The molecule has 0 aliphatic heterocycles. The maximum absolute atomic E-state index is 5.05. The van der Waals surface area contributed by atoms with E-state index in [1.165, 1.54) is 139 Å². The van der Waals surface area contributed by atoms with Gasteiger partial charge in [-0.2, -0.15) is 0 Å². The third-order valence-electron chi connectivity index (χ3n) is 7.43. The average Bonchev–Trinajstić information content (AvgIpc) is 3.56. The third-order valence-corrected chi connectivity index (χ3v) is 10.6. The fraction of sp³-hybridized carbons (Fsp3) is 0.625. The van der Waals surface area contributed by atoms with Crippen LogP contribution in [0.1, 0.15) is 125 Å². The molecule has 0 spiro atoms. The number of nitrogens with zero attached hydrogens (tertiary/aromatic N) is 2. The molecule has 4 aromatic rings. The number of fused-ring (bicyclic) bond motifs is 2. The van der Waals surface area contributed by atoms with Gasteiger partial charge in [0.05, 0.1) is 30.3 Å². The number of hydrogen-bond acceptors (Lipinski definition) is 5. The first kappa shape index (κ1) is 28.7. The van der Waals surface area contributed by atoms with Crippen molar-refractivity contribution in [2.24, 2.45) is 0 Å². The van der Waals surface area contributed by atoms with Crippen LogP contribution in [0.5, 0.6) is 0 Å². The Hall–Kier alpha value is -1.30. The van der Waals surface area contributed by atoms with Crippen molar-refractivity contribution in [2.75, 3.05) is 0 Å². The van der Waals surface area contributed by atoms with E-state index in [1.54, 1.807) is 11.3 Å². The van der Waals surface area contributed by atoms with Gasteiger partial charge in [0, 0.05) is 4.88 Å². The van der Waals surface area contributed by atoms with Gasteiger partial charge < -0.3 is 0 Å². The van der Waals surface area contributed by atoms with Crippen LogP contribution in [0.15, 0.2) is 18.2 Å². The van der Waals surface area contributed by atoms with Crippen molar-refractivity contribution < 1.29 is 0 Å². The quantitative estimate of drug-likeness (QED) is 0.114. The molecule has 0 N–H and O–H groups in total. The predicted octanol–water partition coefficient (Wildman–Crippen LogP) is 12.1. The summed E-state index contributed by atoms with van der Waals surface area (Å²) in [6.45, 7) is 6.62. The molecule has 202 valence electrons. The molecule has 0 saturated heterocycles. The fourth-order valence-corrected chi connectivity index (χ4v) is 8.35. The Morgan fingerprint density at radius 2 is 1.08 bits per heavy atom. The first-order valence-corrected chi connectivity index (χ1v) is 17.4. The van der Waals surface area contributed by atoms with Crippen molar-refractivity contribution in [1.29, 1.82) is 0 Å². The van der Waals surface area contributed by atoms with Gasteiger partial charge in [-0.1, -0.05) is 103 Å². The predicted molar refractivity (Wildman–Crippen MR) is 169 cm³/mol. The van der Waals surface area contributed by atoms with Gasteiger partial charge in [0.25, 0.3) is 0 Å². The molecule has 0 aliphatic carbocycles. The third kappa shape index (κ3) is 8.86. The lowest BCUT2D eigenvalue weighted by Gasteiger charge is -2.04. The molecule has 1 aromatic carbocycles. The SMILES string of the molecule is CCCCCCCCCCCCCCCCCCc1cc(C)sc1-c1nc2cc3sc(C)nc3cc2s1. The standard InChI is InChI=1S/C32H46N2S3/c1-4-5-6-7-8-9-10-11-12-13-14-15-16-17-18-19-20-26-21-24(2)35-31(26)32-34-28-23-29-27(22-30(28)37-32)33-25(3)36-29/h21-23H,4-20H2,1-3H3. The molecular formula is C32H46N2S3. The van der Waals surface area contributed by atoms with E-state index in [0.717, 1.165) is 16.0 Å². The first-order chi connectivity index (χ1) is 18.1. The highest BCUT2D eigenvalue weighted by Crippen LogP contribution is 2.39. The summed E-state index contributed by atoms with van der Waals surface area (Å²) in [5.41, 5.74) is 3.74. The van der Waals surface area contributed by atoms with Gasteiger partial charge in [-0.3, -0.25) is 0 Å². The highest BCUT2D eigenvalue weighted by Gasteiger charge is 2.15. The molecule has 5 heteroatoms. The van der Waals surface area contributed by atoms with E-state index >= 15 is 0 Å². The lowest BCUT2D eigenvalue weighted by molar-refractivity contribution is 0.529. The van der Waals surface area contributed by atoms with Gasteiger partial charge in [-0.15, -0.1) is 34.0 Å². The van der Waals surface area contributed by atoms with Gasteiger partial charge >= 0.3 is 0 Å². The lowest BCUT2D eigenvalue weighted by atomic mass is 10.0. The Morgan fingerprint density at radius 3 is 1.68 bits per heavy atom. The Labute approximate surface area is 237 Å². The van der Waals surface area contributed by atoms with Gasteiger partial charge in [0.15, 0.2) is 0 Å². The van der Waals surface area contributed by atoms with Crippen LogP contribution in [-0.4, -0.2) is 9.97 Å². The number of hydrogen-bond donors (Lipinski definition) is 0. The molecule has 0 saturated carbocycles. The van der Waals surface area contributed by atoms with Gasteiger partial charge in [-0.05, 0) is 50.5 Å². The number of benzene rings is 1. The molecule has 0 aliphatic rings. The molecular weight excluding hydrogens is 509 g/mol. The van der Waals surface area contributed by atoms with Crippen LogP contribution in [0.3, 0.4) is 0 Å². The van der Waals surface area contributed by atoms with E-state index in [0.29, 0.717) is 0 Å². The van der Waals surface area contributed by atoms with Crippen molar-refractivity contribution in [3.63, 3.8) is 0 Å². The number of unbranched alkanes of at least 4 members (excludes halogenated alkanes) is 15. The number of aromatic nitrogens is 2. The summed E-state index contributed by atoms with van der Waals surface area (Å²) in [5, 5.41) is 2.32. The molecule has 37 heavy (non-hydrogen) atoms. The van der Waals surface area contributed by atoms with E-state index in [9.17, 15) is 0 Å².